The average molecular weight is 308 g/mol. The van der Waals surface area contributed by atoms with E-state index in [0.717, 1.165) is 28.2 Å². The number of halogens is 1. The number of nitrogens with one attached hydrogen (secondary N) is 1. The molecule has 2 heterocycles. The maximum Gasteiger partial charge on any atom is 0.0959 e. The minimum atomic E-state index is 0. The molecule has 0 spiro atoms. The largest absolute Gasteiger partial charge is 0.396 e. The summed E-state index contributed by atoms with van der Waals surface area (Å²) in [6.07, 6.45) is 3.97. The van der Waals surface area contributed by atoms with E-state index in [1.165, 1.54) is 4.91 Å². The maximum absolute atomic E-state index is 6.26. The van der Waals surface area contributed by atoms with Gasteiger partial charge in [0.05, 0.1) is 17.1 Å². The number of allylic oxidation sites excluding steroid dienone is 1. The van der Waals surface area contributed by atoms with Gasteiger partial charge in [0.15, 0.2) is 0 Å². The smallest absolute Gasteiger partial charge is 0.0959 e. The Kier molecular flexibility index (Phi) is 3.89. The summed E-state index contributed by atoms with van der Waals surface area (Å²) in [5.41, 5.74) is 11.2. The van der Waals surface area contributed by atoms with Gasteiger partial charge >= 0.3 is 0 Å². The summed E-state index contributed by atoms with van der Waals surface area (Å²) in [7, 11) is 0. The molecule has 2 aliphatic heterocycles. The van der Waals surface area contributed by atoms with Crippen LogP contribution in [0.3, 0.4) is 0 Å². The molecule has 1 aliphatic carbocycles. The first-order chi connectivity index (χ1) is 8.98. The first kappa shape index (κ1) is 15.0. The fourth-order valence-corrected chi connectivity index (χ4v) is 3.10. The van der Waals surface area contributed by atoms with Crippen molar-refractivity contribution >= 4 is 41.8 Å². The van der Waals surface area contributed by atoms with Gasteiger partial charge in [-0.2, -0.15) is 0 Å². The molecule has 0 amide bonds. The van der Waals surface area contributed by atoms with Crippen molar-refractivity contribution in [3.63, 3.8) is 0 Å². The lowest BCUT2D eigenvalue weighted by Gasteiger charge is -2.26. The van der Waals surface area contributed by atoms with E-state index in [1.807, 2.05) is 12.1 Å². The van der Waals surface area contributed by atoms with E-state index in [2.05, 4.69) is 42.6 Å². The molecule has 0 atom stereocenters. The van der Waals surface area contributed by atoms with Gasteiger partial charge < -0.3 is 10.5 Å². The third-order valence-corrected chi connectivity index (χ3v) is 4.54. The molecule has 0 fully saturated rings. The van der Waals surface area contributed by atoms with Crippen LogP contribution in [0.15, 0.2) is 29.3 Å². The van der Waals surface area contributed by atoms with Crippen LogP contribution in [-0.2, 0) is 0 Å². The second-order valence-electron chi connectivity index (χ2n) is 5.76. The summed E-state index contributed by atoms with van der Waals surface area (Å²) >= 11 is 1.67. The summed E-state index contributed by atoms with van der Waals surface area (Å²) in [6, 6.07) is 5.96. The number of nitrogens with zero attached hydrogens (tertiary/aromatic N) is 1. The van der Waals surface area contributed by atoms with Crippen LogP contribution >= 0.6 is 24.4 Å². The van der Waals surface area contributed by atoms with Gasteiger partial charge in [-0.15, -0.1) is 12.4 Å². The third kappa shape index (κ3) is 2.34. The molecule has 0 saturated heterocycles. The number of anilines is 2. The van der Waals surface area contributed by atoms with Crippen LogP contribution in [0, 0.1) is 5.41 Å². The van der Waals surface area contributed by atoms with E-state index in [0.29, 0.717) is 0 Å². The molecular weight excluding hydrogens is 290 g/mol. The second-order valence-corrected chi connectivity index (χ2v) is 6.61. The SMILES string of the molecule is CC(C)(C)C1=Cc2c(N)c3nccccc-3c2NS1.Cl. The van der Waals surface area contributed by atoms with Gasteiger partial charge in [0.25, 0.3) is 0 Å². The summed E-state index contributed by atoms with van der Waals surface area (Å²) in [6.45, 7) is 6.61. The lowest BCUT2D eigenvalue weighted by atomic mass is 9.94. The molecule has 0 aromatic heterocycles. The van der Waals surface area contributed by atoms with Gasteiger partial charge in [-0.05, 0) is 29.5 Å². The molecule has 0 radical (unpaired) electrons. The number of nitrogen functional groups attached to an aromatic ring is 1. The van der Waals surface area contributed by atoms with Crippen molar-refractivity contribution in [2.24, 2.45) is 5.41 Å². The average Bonchev–Trinajstić information content (AvgIpc) is 2.56. The van der Waals surface area contributed by atoms with Crippen LogP contribution in [0.5, 0.6) is 0 Å². The normalized spacial score (nSPS) is 14.1. The highest BCUT2D eigenvalue weighted by Crippen LogP contribution is 2.50. The predicted molar refractivity (Wildman–Crippen MR) is 91.2 cm³/mol. The fourth-order valence-electron chi connectivity index (χ4n) is 2.19. The van der Waals surface area contributed by atoms with E-state index < -0.39 is 0 Å². The minimum Gasteiger partial charge on any atom is -0.396 e. The number of nitrogens with two attached hydrogens (primary N) is 1. The second kappa shape index (κ2) is 5.19. The zero-order chi connectivity index (χ0) is 13.6. The number of hydrogen-bond acceptors (Lipinski definition) is 4. The zero-order valence-electron chi connectivity index (χ0n) is 11.7. The molecule has 0 aromatic rings. The highest BCUT2D eigenvalue weighted by atomic mass is 35.5. The van der Waals surface area contributed by atoms with Crippen molar-refractivity contribution in [3.05, 3.63) is 34.9 Å². The highest BCUT2D eigenvalue weighted by molar-refractivity contribution is 8.04. The molecular formula is C15H18ClN3S. The Bertz CT molecular complexity index is 646. The van der Waals surface area contributed by atoms with Gasteiger partial charge in [-0.1, -0.05) is 32.9 Å². The van der Waals surface area contributed by atoms with Gasteiger partial charge in [0, 0.05) is 22.2 Å². The third-order valence-electron chi connectivity index (χ3n) is 3.28. The van der Waals surface area contributed by atoms with Crippen molar-refractivity contribution < 1.29 is 0 Å². The van der Waals surface area contributed by atoms with Crippen molar-refractivity contribution in [1.82, 2.24) is 4.98 Å². The molecule has 5 heteroatoms. The monoisotopic (exact) mass is 307 g/mol. The Morgan fingerprint density at radius 1 is 1.25 bits per heavy atom. The van der Waals surface area contributed by atoms with Crippen LogP contribution < -0.4 is 10.5 Å². The first-order valence-corrected chi connectivity index (χ1v) is 7.11. The summed E-state index contributed by atoms with van der Waals surface area (Å²) in [5.74, 6) is 0. The van der Waals surface area contributed by atoms with Crippen molar-refractivity contribution in [1.29, 1.82) is 0 Å². The van der Waals surface area contributed by atoms with E-state index >= 15 is 0 Å². The lowest BCUT2D eigenvalue weighted by Crippen LogP contribution is -2.11. The summed E-state index contributed by atoms with van der Waals surface area (Å²) < 4.78 is 3.43. The van der Waals surface area contributed by atoms with Crippen molar-refractivity contribution in [2.75, 3.05) is 10.5 Å². The van der Waals surface area contributed by atoms with E-state index in [1.54, 1.807) is 18.1 Å². The van der Waals surface area contributed by atoms with Gasteiger partial charge in [0.1, 0.15) is 0 Å². The van der Waals surface area contributed by atoms with Crippen molar-refractivity contribution in [3.8, 4) is 11.3 Å². The topological polar surface area (TPSA) is 50.9 Å². The van der Waals surface area contributed by atoms with Crippen LogP contribution in [0.25, 0.3) is 17.3 Å². The minimum absolute atomic E-state index is 0. The Hall–Kier alpha value is -1.39. The number of aromatic nitrogens is 1. The Labute approximate surface area is 129 Å². The Morgan fingerprint density at radius 3 is 2.70 bits per heavy atom. The molecule has 20 heavy (non-hydrogen) atoms. The highest BCUT2D eigenvalue weighted by Gasteiger charge is 2.28. The Balaban J connectivity index is 0.00000147. The van der Waals surface area contributed by atoms with E-state index in [9.17, 15) is 0 Å². The molecule has 3 rings (SSSR count). The van der Waals surface area contributed by atoms with E-state index in [-0.39, 0.29) is 17.8 Å². The Morgan fingerprint density at radius 2 is 2.00 bits per heavy atom. The van der Waals surface area contributed by atoms with E-state index in [4.69, 9.17) is 5.73 Å². The van der Waals surface area contributed by atoms with Crippen molar-refractivity contribution in [2.45, 2.75) is 20.8 Å². The van der Waals surface area contributed by atoms with Crippen LogP contribution in [0.1, 0.15) is 26.3 Å². The zero-order valence-corrected chi connectivity index (χ0v) is 13.4. The fraction of sp³-hybridized carbons (Fsp3) is 0.267. The molecule has 0 aromatic carbocycles. The lowest BCUT2D eigenvalue weighted by molar-refractivity contribution is 0.536. The molecule has 106 valence electrons. The molecule has 0 bridgehead atoms. The first-order valence-electron chi connectivity index (χ1n) is 6.29. The number of fused-ring (bicyclic) bond motifs is 3. The molecule has 3 nitrogen and oxygen atoms in total. The van der Waals surface area contributed by atoms with Gasteiger partial charge in [0.2, 0.25) is 0 Å². The molecule has 3 N–H and O–H groups in total. The molecule has 0 saturated carbocycles. The van der Waals surface area contributed by atoms with Crippen LogP contribution in [0.2, 0.25) is 0 Å². The molecule has 3 aliphatic rings. The molecule has 0 unspecified atom stereocenters. The van der Waals surface area contributed by atoms with Crippen LogP contribution in [-0.4, -0.2) is 4.98 Å². The predicted octanol–water partition coefficient (Wildman–Crippen LogP) is 4.65. The number of hydrogen-bond donors (Lipinski definition) is 2. The van der Waals surface area contributed by atoms with Gasteiger partial charge in [-0.3, -0.25) is 4.98 Å². The van der Waals surface area contributed by atoms with Gasteiger partial charge in [-0.25, -0.2) is 0 Å². The quantitative estimate of drug-likeness (QED) is 0.696. The van der Waals surface area contributed by atoms with Crippen LogP contribution in [0.4, 0.5) is 11.4 Å². The maximum atomic E-state index is 6.26. The standard InChI is InChI=1S/C15H17N3S.ClH/c1-15(2,3)11-8-10-12(16)14-9(13(10)18-19-11)6-4-5-7-17-14;/h4-8,18H,16H2,1-3H3;1H. The number of rotatable bonds is 0. The summed E-state index contributed by atoms with van der Waals surface area (Å²) in [4.78, 5) is 5.72. The summed E-state index contributed by atoms with van der Waals surface area (Å²) in [5, 5.41) is 0.